The summed E-state index contributed by atoms with van der Waals surface area (Å²) >= 11 is 5.25. The van der Waals surface area contributed by atoms with E-state index in [1.54, 1.807) is 17.7 Å². The lowest BCUT2D eigenvalue weighted by molar-refractivity contribution is 0.819. The number of hydrogen-bond acceptors (Lipinski definition) is 4. The van der Waals surface area contributed by atoms with Crippen LogP contribution in [0.4, 0.5) is 5.82 Å². The van der Waals surface area contributed by atoms with Crippen molar-refractivity contribution in [1.82, 2.24) is 9.97 Å². The van der Waals surface area contributed by atoms with Gasteiger partial charge >= 0.3 is 0 Å². The van der Waals surface area contributed by atoms with Crippen molar-refractivity contribution in [3.8, 4) is 0 Å². The van der Waals surface area contributed by atoms with E-state index in [0.717, 1.165) is 23.2 Å². The highest BCUT2D eigenvalue weighted by molar-refractivity contribution is 9.09. The fourth-order valence-corrected chi connectivity index (χ4v) is 3.15. The van der Waals surface area contributed by atoms with Gasteiger partial charge in [-0.05, 0) is 24.3 Å². The number of alkyl halides is 1. The molecule has 0 atom stereocenters. The van der Waals surface area contributed by atoms with Gasteiger partial charge in [0.2, 0.25) is 0 Å². The number of hydrogen-bond donors (Lipinski definition) is 0. The first-order chi connectivity index (χ1) is 7.90. The van der Waals surface area contributed by atoms with Crippen molar-refractivity contribution in [1.29, 1.82) is 0 Å². The maximum absolute atomic E-state index is 4.46. The molecule has 3 nitrogen and oxygen atoms in total. The lowest BCUT2D eigenvalue weighted by Gasteiger charge is -2.22. The molecule has 1 aliphatic rings. The Morgan fingerprint density at radius 1 is 1.44 bits per heavy atom. The van der Waals surface area contributed by atoms with E-state index in [1.165, 1.54) is 17.5 Å². The SMILES string of the molecule is BrCCN(c1ncnc2ccsc12)C1CC1. The second kappa shape index (κ2) is 4.30. The molecule has 1 fully saturated rings. The maximum atomic E-state index is 4.46. The average Bonchev–Trinajstić information content (AvgIpc) is 3.02. The van der Waals surface area contributed by atoms with Crippen molar-refractivity contribution in [2.75, 3.05) is 16.8 Å². The maximum Gasteiger partial charge on any atom is 0.150 e. The van der Waals surface area contributed by atoms with E-state index in [-0.39, 0.29) is 0 Å². The van der Waals surface area contributed by atoms with Gasteiger partial charge in [0.1, 0.15) is 12.1 Å². The summed E-state index contributed by atoms with van der Waals surface area (Å²) in [6.45, 7) is 1.02. The van der Waals surface area contributed by atoms with Gasteiger partial charge in [-0.3, -0.25) is 0 Å². The molecule has 0 unspecified atom stereocenters. The normalized spacial score (nSPS) is 15.6. The lowest BCUT2D eigenvalue weighted by atomic mass is 10.4. The van der Waals surface area contributed by atoms with Crippen molar-refractivity contribution < 1.29 is 0 Å². The predicted molar refractivity (Wildman–Crippen MR) is 71.6 cm³/mol. The molecule has 16 heavy (non-hydrogen) atoms. The van der Waals surface area contributed by atoms with Crippen LogP contribution < -0.4 is 4.90 Å². The van der Waals surface area contributed by atoms with Crippen LogP contribution in [0, 0.1) is 0 Å². The van der Waals surface area contributed by atoms with E-state index in [1.807, 2.05) is 0 Å². The van der Waals surface area contributed by atoms with Crippen molar-refractivity contribution in [2.24, 2.45) is 0 Å². The third-order valence-electron chi connectivity index (χ3n) is 2.81. The van der Waals surface area contributed by atoms with E-state index < -0.39 is 0 Å². The molecule has 1 saturated carbocycles. The minimum absolute atomic E-state index is 0.692. The Bertz CT molecular complexity index is 495. The van der Waals surface area contributed by atoms with E-state index in [0.29, 0.717) is 6.04 Å². The molecule has 0 radical (unpaired) electrons. The standard InChI is InChI=1S/C11H12BrN3S/c12-4-5-15(8-1-2-8)11-10-9(3-6-16-10)13-7-14-11/h3,6-8H,1-2,4-5H2. The van der Waals surface area contributed by atoms with E-state index in [4.69, 9.17) is 0 Å². The monoisotopic (exact) mass is 297 g/mol. The van der Waals surface area contributed by atoms with Gasteiger partial charge in [0.15, 0.2) is 0 Å². The van der Waals surface area contributed by atoms with E-state index >= 15 is 0 Å². The van der Waals surface area contributed by atoms with Crippen molar-refractivity contribution in [2.45, 2.75) is 18.9 Å². The average molecular weight is 298 g/mol. The molecular weight excluding hydrogens is 286 g/mol. The molecule has 0 aromatic carbocycles. The summed E-state index contributed by atoms with van der Waals surface area (Å²) in [6.07, 6.45) is 4.27. The zero-order valence-corrected chi connectivity index (χ0v) is 11.2. The minimum atomic E-state index is 0.692. The van der Waals surface area contributed by atoms with E-state index in [9.17, 15) is 0 Å². The Morgan fingerprint density at radius 2 is 2.31 bits per heavy atom. The Kier molecular flexibility index (Phi) is 2.81. The number of nitrogens with zero attached hydrogens (tertiary/aromatic N) is 3. The predicted octanol–water partition coefficient (Wildman–Crippen LogP) is 3.06. The van der Waals surface area contributed by atoms with Crippen LogP contribution in [0.25, 0.3) is 10.2 Å². The van der Waals surface area contributed by atoms with Crippen molar-refractivity contribution in [3.05, 3.63) is 17.8 Å². The first kappa shape index (κ1) is 10.5. The topological polar surface area (TPSA) is 29.0 Å². The van der Waals surface area contributed by atoms with Gasteiger partial charge < -0.3 is 4.90 Å². The summed E-state index contributed by atoms with van der Waals surface area (Å²) < 4.78 is 1.22. The minimum Gasteiger partial charge on any atom is -0.352 e. The summed E-state index contributed by atoms with van der Waals surface area (Å²) in [5.41, 5.74) is 1.07. The summed E-state index contributed by atoms with van der Waals surface area (Å²) in [4.78, 5) is 11.2. The van der Waals surface area contributed by atoms with Gasteiger partial charge in [0, 0.05) is 17.9 Å². The smallest absolute Gasteiger partial charge is 0.150 e. The molecule has 0 spiro atoms. The highest BCUT2D eigenvalue weighted by Gasteiger charge is 2.30. The van der Waals surface area contributed by atoms with Crippen LogP contribution in [-0.2, 0) is 0 Å². The molecular formula is C11H12BrN3S. The van der Waals surface area contributed by atoms with Crippen LogP contribution in [0.2, 0.25) is 0 Å². The van der Waals surface area contributed by atoms with Gasteiger partial charge in [0.05, 0.1) is 10.2 Å². The molecule has 3 rings (SSSR count). The number of halogens is 1. The second-order valence-corrected chi connectivity index (χ2v) is 5.65. The quantitative estimate of drug-likeness (QED) is 0.812. The number of anilines is 1. The van der Waals surface area contributed by atoms with Crippen LogP contribution in [0.5, 0.6) is 0 Å². The van der Waals surface area contributed by atoms with Crippen LogP contribution in [0.1, 0.15) is 12.8 Å². The van der Waals surface area contributed by atoms with Gasteiger partial charge in [-0.1, -0.05) is 15.9 Å². The molecule has 0 bridgehead atoms. The summed E-state index contributed by atoms with van der Waals surface area (Å²) in [6, 6.07) is 2.75. The molecule has 2 heterocycles. The third-order valence-corrected chi connectivity index (χ3v) is 4.06. The van der Waals surface area contributed by atoms with Gasteiger partial charge in [-0.15, -0.1) is 11.3 Å². The molecule has 84 valence electrons. The summed E-state index contributed by atoms with van der Waals surface area (Å²) in [5, 5.41) is 3.07. The summed E-state index contributed by atoms with van der Waals surface area (Å²) in [7, 11) is 0. The molecule has 2 aromatic heterocycles. The van der Waals surface area contributed by atoms with Gasteiger partial charge in [-0.25, -0.2) is 9.97 Å². The Hall–Kier alpha value is -0.680. The second-order valence-electron chi connectivity index (χ2n) is 3.95. The highest BCUT2D eigenvalue weighted by Crippen LogP contribution is 2.35. The summed E-state index contributed by atoms with van der Waals surface area (Å²) in [5.74, 6) is 1.11. The fraction of sp³-hybridized carbons (Fsp3) is 0.455. The lowest BCUT2D eigenvalue weighted by Crippen LogP contribution is -2.28. The van der Waals surface area contributed by atoms with Crippen molar-refractivity contribution in [3.63, 3.8) is 0 Å². The van der Waals surface area contributed by atoms with Crippen LogP contribution in [0.15, 0.2) is 17.8 Å². The van der Waals surface area contributed by atoms with Crippen LogP contribution >= 0.6 is 27.3 Å². The van der Waals surface area contributed by atoms with E-state index in [2.05, 4.69) is 42.2 Å². The fourth-order valence-electron chi connectivity index (χ4n) is 1.92. The molecule has 0 saturated heterocycles. The van der Waals surface area contributed by atoms with Gasteiger partial charge in [-0.2, -0.15) is 0 Å². The molecule has 1 aliphatic carbocycles. The van der Waals surface area contributed by atoms with Crippen molar-refractivity contribution >= 4 is 43.3 Å². The Balaban J connectivity index is 2.04. The Morgan fingerprint density at radius 3 is 3.06 bits per heavy atom. The molecule has 2 aromatic rings. The van der Waals surface area contributed by atoms with Crippen LogP contribution in [0.3, 0.4) is 0 Å². The van der Waals surface area contributed by atoms with Crippen LogP contribution in [-0.4, -0.2) is 27.9 Å². The van der Waals surface area contributed by atoms with Gasteiger partial charge in [0.25, 0.3) is 0 Å². The zero-order valence-electron chi connectivity index (χ0n) is 8.77. The largest absolute Gasteiger partial charge is 0.352 e. The number of rotatable bonds is 4. The third kappa shape index (κ3) is 1.82. The zero-order chi connectivity index (χ0) is 11.0. The molecule has 0 N–H and O–H groups in total. The number of thiophene rings is 1. The molecule has 0 amide bonds. The number of fused-ring (bicyclic) bond motifs is 1. The molecule has 0 aliphatic heterocycles. The molecule has 5 heteroatoms. The number of aromatic nitrogens is 2. The first-order valence-electron chi connectivity index (χ1n) is 5.41. The first-order valence-corrected chi connectivity index (χ1v) is 7.41. The highest BCUT2D eigenvalue weighted by atomic mass is 79.9. The Labute approximate surface area is 107 Å².